The van der Waals surface area contributed by atoms with E-state index in [0.29, 0.717) is 5.92 Å². The summed E-state index contributed by atoms with van der Waals surface area (Å²) in [5.41, 5.74) is 0.881. The van der Waals surface area contributed by atoms with E-state index in [4.69, 9.17) is 4.74 Å². The van der Waals surface area contributed by atoms with Gasteiger partial charge in [0.1, 0.15) is 5.82 Å². The van der Waals surface area contributed by atoms with Gasteiger partial charge in [0.05, 0.1) is 11.2 Å². The van der Waals surface area contributed by atoms with Crippen LogP contribution >= 0.6 is 15.9 Å². The van der Waals surface area contributed by atoms with E-state index >= 15 is 0 Å². The average Bonchev–Trinajstić information content (AvgIpc) is 2.85. The molecule has 78 valence electrons. The van der Waals surface area contributed by atoms with E-state index in [1.807, 2.05) is 22.6 Å². The van der Waals surface area contributed by atoms with Crippen LogP contribution in [0.25, 0.3) is 5.65 Å². The molecule has 3 heterocycles. The first-order valence-corrected chi connectivity index (χ1v) is 5.73. The second-order valence-electron chi connectivity index (χ2n) is 3.66. The second-order valence-corrected chi connectivity index (χ2v) is 4.47. The third-order valence-corrected chi connectivity index (χ3v) is 3.32. The molecular formula is C10H10BrN3O. The van der Waals surface area contributed by atoms with E-state index in [2.05, 4.69) is 26.1 Å². The number of nitrogens with zero attached hydrogens (tertiary/aromatic N) is 3. The van der Waals surface area contributed by atoms with Gasteiger partial charge in [0.25, 0.3) is 0 Å². The number of fused-ring (bicyclic) bond motifs is 1. The van der Waals surface area contributed by atoms with E-state index in [-0.39, 0.29) is 0 Å². The van der Waals surface area contributed by atoms with Crippen molar-refractivity contribution in [3.05, 3.63) is 28.6 Å². The molecule has 1 aliphatic rings. The topological polar surface area (TPSA) is 39.4 Å². The number of hydrogen-bond acceptors (Lipinski definition) is 3. The van der Waals surface area contributed by atoms with Crippen LogP contribution in [0.5, 0.6) is 0 Å². The third-order valence-electron chi connectivity index (χ3n) is 2.70. The molecule has 0 saturated carbocycles. The van der Waals surface area contributed by atoms with Crippen LogP contribution in [0.15, 0.2) is 22.8 Å². The summed E-state index contributed by atoms with van der Waals surface area (Å²) in [6.45, 7) is 1.58. The number of pyridine rings is 1. The SMILES string of the molecule is Brc1cccc2nnc(C3CCOC3)n12. The molecule has 5 heteroatoms. The van der Waals surface area contributed by atoms with Crippen LogP contribution < -0.4 is 0 Å². The zero-order valence-corrected chi connectivity index (χ0v) is 9.64. The van der Waals surface area contributed by atoms with Crippen LogP contribution in [0.1, 0.15) is 18.2 Å². The lowest BCUT2D eigenvalue weighted by atomic mass is 10.1. The fourth-order valence-electron chi connectivity index (χ4n) is 1.93. The Hall–Kier alpha value is -0.940. The molecule has 1 unspecified atom stereocenters. The molecule has 0 radical (unpaired) electrons. The maximum Gasteiger partial charge on any atom is 0.161 e. The maximum absolute atomic E-state index is 5.37. The van der Waals surface area contributed by atoms with Crippen molar-refractivity contribution in [3.8, 4) is 0 Å². The lowest BCUT2D eigenvalue weighted by molar-refractivity contribution is 0.193. The zero-order valence-electron chi connectivity index (χ0n) is 8.06. The Bertz CT molecular complexity index is 490. The molecule has 0 aromatic carbocycles. The summed E-state index contributed by atoms with van der Waals surface area (Å²) >= 11 is 3.52. The lowest BCUT2D eigenvalue weighted by Gasteiger charge is -2.06. The highest BCUT2D eigenvalue weighted by Crippen LogP contribution is 2.26. The largest absolute Gasteiger partial charge is 0.381 e. The first-order valence-electron chi connectivity index (χ1n) is 4.93. The molecular weight excluding hydrogens is 258 g/mol. The summed E-state index contributed by atoms with van der Waals surface area (Å²) in [5, 5.41) is 8.39. The highest BCUT2D eigenvalue weighted by Gasteiger charge is 2.23. The standard InChI is InChI=1S/C10H10BrN3O/c11-8-2-1-3-9-12-13-10(14(8)9)7-4-5-15-6-7/h1-3,7H,4-6H2. The van der Waals surface area contributed by atoms with Crippen molar-refractivity contribution < 1.29 is 4.74 Å². The quantitative estimate of drug-likeness (QED) is 0.742. The second kappa shape index (κ2) is 3.57. The van der Waals surface area contributed by atoms with Crippen LogP contribution in [-0.2, 0) is 4.74 Å². The van der Waals surface area contributed by atoms with Gasteiger partial charge in [0, 0.05) is 12.5 Å². The fourth-order valence-corrected chi connectivity index (χ4v) is 2.44. The Morgan fingerprint density at radius 2 is 2.33 bits per heavy atom. The minimum absolute atomic E-state index is 0.374. The van der Waals surface area contributed by atoms with Gasteiger partial charge in [-0.05, 0) is 34.5 Å². The Kier molecular flexibility index (Phi) is 2.21. The van der Waals surface area contributed by atoms with Gasteiger partial charge >= 0.3 is 0 Å². The molecule has 2 aromatic rings. The zero-order chi connectivity index (χ0) is 10.3. The molecule has 1 atom stereocenters. The Morgan fingerprint density at radius 3 is 3.13 bits per heavy atom. The van der Waals surface area contributed by atoms with E-state index in [9.17, 15) is 0 Å². The average molecular weight is 268 g/mol. The Morgan fingerprint density at radius 1 is 1.40 bits per heavy atom. The smallest absolute Gasteiger partial charge is 0.161 e. The van der Waals surface area contributed by atoms with Crippen molar-refractivity contribution >= 4 is 21.6 Å². The molecule has 1 saturated heterocycles. The molecule has 0 bridgehead atoms. The van der Waals surface area contributed by atoms with Gasteiger partial charge in [0.15, 0.2) is 5.65 Å². The van der Waals surface area contributed by atoms with Gasteiger partial charge in [-0.3, -0.25) is 4.40 Å². The van der Waals surface area contributed by atoms with Crippen molar-refractivity contribution in [1.82, 2.24) is 14.6 Å². The predicted molar refractivity (Wildman–Crippen MR) is 58.9 cm³/mol. The highest BCUT2D eigenvalue weighted by atomic mass is 79.9. The molecule has 4 nitrogen and oxygen atoms in total. The van der Waals surface area contributed by atoms with E-state index in [0.717, 1.165) is 35.7 Å². The van der Waals surface area contributed by atoms with Gasteiger partial charge in [-0.2, -0.15) is 0 Å². The Labute approximate surface area is 95.4 Å². The van der Waals surface area contributed by atoms with Gasteiger partial charge in [-0.1, -0.05) is 6.07 Å². The predicted octanol–water partition coefficient (Wildman–Crippen LogP) is 2.00. The number of halogens is 1. The molecule has 3 rings (SSSR count). The first-order chi connectivity index (χ1) is 7.36. The van der Waals surface area contributed by atoms with Crippen molar-refractivity contribution in [3.63, 3.8) is 0 Å². The van der Waals surface area contributed by atoms with Crippen molar-refractivity contribution in [1.29, 1.82) is 0 Å². The normalized spacial score (nSPS) is 21.3. The van der Waals surface area contributed by atoms with Crippen LogP contribution in [0.4, 0.5) is 0 Å². The van der Waals surface area contributed by atoms with E-state index in [1.165, 1.54) is 0 Å². The number of rotatable bonds is 1. The van der Waals surface area contributed by atoms with Crippen LogP contribution in [0, 0.1) is 0 Å². The van der Waals surface area contributed by atoms with Gasteiger partial charge in [-0.15, -0.1) is 10.2 Å². The summed E-state index contributed by atoms with van der Waals surface area (Å²) in [6, 6.07) is 5.91. The van der Waals surface area contributed by atoms with Crippen LogP contribution in [0.2, 0.25) is 0 Å². The molecule has 2 aromatic heterocycles. The number of aromatic nitrogens is 3. The molecule has 0 amide bonds. The first kappa shape index (κ1) is 9.30. The highest BCUT2D eigenvalue weighted by molar-refractivity contribution is 9.10. The third kappa shape index (κ3) is 1.46. The van der Waals surface area contributed by atoms with Crippen LogP contribution in [0.3, 0.4) is 0 Å². The molecule has 0 N–H and O–H groups in total. The molecule has 15 heavy (non-hydrogen) atoms. The summed E-state index contributed by atoms with van der Waals surface area (Å²) in [6.07, 6.45) is 1.03. The molecule has 0 spiro atoms. The molecule has 0 aliphatic carbocycles. The van der Waals surface area contributed by atoms with Crippen molar-refractivity contribution in [2.24, 2.45) is 0 Å². The number of ether oxygens (including phenoxy) is 1. The van der Waals surface area contributed by atoms with E-state index in [1.54, 1.807) is 0 Å². The maximum atomic E-state index is 5.37. The van der Waals surface area contributed by atoms with Crippen molar-refractivity contribution in [2.75, 3.05) is 13.2 Å². The molecule has 1 fully saturated rings. The van der Waals surface area contributed by atoms with Crippen molar-refractivity contribution in [2.45, 2.75) is 12.3 Å². The molecule has 1 aliphatic heterocycles. The summed E-state index contributed by atoms with van der Waals surface area (Å²) in [5.74, 6) is 1.37. The van der Waals surface area contributed by atoms with Crippen LogP contribution in [-0.4, -0.2) is 27.8 Å². The lowest BCUT2D eigenvalue weighted by Crippen LogP contribution is -2.04. The summed E-state index contributed by atoms with van der Waals surface area (Å²) < 4.78 is 8.41. The Balaban J connectivity index is 2.18. The summed E-state index contributed by atoms with van der Waals surface area (Å²) in [7, 11) is 0. The fraction of sp³-hybridized carbons (Fsp3) is 0.400. The van der Waals surface area contributed by atoms with Gasteiger partial charge < -0.3 is 4.74 Å². The van der Waals surface area contributed by atoms with Gasteiger partial charge in [0.2, 0.25) is 0 Å². The van der Waals surface area contributed by atoms with Gasteiger partial charge in [-0.25, -0.2) is 0 Å². The monoisotopic (exact) mass is 267 g/mol. The number of hydrogen-bond donors (Lipinski definition) is 0. The summed E-state index contributed by atoms with van der Waals surface area (Å²) in [4.78, 5) is 0. The minimum atomic E-state index is 0.374. The minimum Gasteiger partial charge on any atom is -0.381 e. The van der Waals surface area contributed by atoms with E-state index < -0.39 is 0 Å².